The van der Waals surface area contributed by atoms with Crippen molar-refractivity contribution in [2.24, 2.45) is 57.2 Å². The first-order valence-corrected chi connectivity index (χ1v) is 13.8. The number of ketones is 1. The number of hydrogen-bond acceptors (Lipinski definition) is 3. The van der Waals surface area contributed by atoms with E-state index in [2.05, 4.69) is 45.1 Å². The number of rotatable bonds is 7. The normalized spacial score (nSPS) is 39.0. The van der Waals surface area contributed by atoms with Crippen molar-refractivity contribution in [3.63, 3.8) is 0 Å². The molecular formula is C28H45N3OS. The van der Waals surface area contributed by atoms with Crippen molar-refractivity contribution >= 4 is 29.3 Å². The van der Waals surface area contributed by atoms with Crippen LogP contribution in [-0.2, 0) is 4.79 Å². The Morgan fingerprint density at radius 3 is 2.64 bits per heavy atom. The number of carbonyl (C=O) groups is 1. The molecule has 3 fully saturated rings. The van der Waals surface area contributed by atoms with Crippen molar-refractivity contribution in [2.45, 2.75) is 98.8 Å². The smallest absolute Gasteiger partial charge is 0.184 e. The molecule has 4 rings (SSSR count). The number of hydrogen-bond donors (Lipinski definition) is 2. The van der Waals surface area contributed by atoms with Gasteiger partial charge in [0.2, 0.25) is 0 Å². The van der Waals surface area contributed by atoms with Crippen LogP contribution in [0.2, 0.25) is 0 Å². The lowest BCUT2D eigenvalue weighted by atomic mass is 9.52. The molecule has 0 unspecified atom stereocenters. The number of hydrazone groups is 1. The van der Waals surface area contributed by atoms with E-state index < -0.39 is 0 Å². The van der Waals surface area contributed by atoms with E-state index in [4.69, 9.17) is 18.0 Å². The minimum atomic E-state index is 0.144. The summed E-state index contributed by atoms with van der Waals surface area (Å²) in [5.74, 6) is 4.63. The lowest BCUT2D eigenvalue weighted by Gasteiger charge is -2.52. The highest BCUT2D eigenvalue weighted by atomic mass is 32.1. The van der Waals surface area contributed by atoms with E-state index in [0.717, 1.165) is 30.6 Å². The maximum Gasteiger partial charge on any atom is 0.184 e. The van der Waals surface area contributed by atoms with Gasteiger partial charge in [0.25, 0.3) is 0 Å². The van der Waals surface area contributed by atoms with Gasteiger partial charge in [0.05, 0.1) is 6.21 Å². The van der Waals surface area contributed by atoms with Crippen molar-refractivity contribution in [2.75, 3.05) is 0 Å². The Labute approximate surface area is 206 Å². The Hall–Kier alpha value is -1.23. The number of carbonyl (C=O) groups excluding carboxylic acids is 1. The Morgan fingerprint density at radius 1 is 1.18 bits per heavy atom. The number of nitrogens with zero attached hydrogens (tertiary/aromatic N) is 1. The molecule has 3 N–H and O–H groups in total. The van der Waals surface area contributed by atoms with E-state index >= 15 is 0 Å². The molecule has 4 aliphatic rings. The molecule has 0 saturated heterocycles. The summed E-state index contributed by atoms with van der Waals surface area (Å²) < 4.78 is 0. The molecule has 7 atom stereocenters. The van der Waals surface area contributed by atoms with E-state index in [1.807, 2.05) is 6.21 Å². The van der Waals surface area contributed by atoms with Gasteiger partial charge in [0.15, 0.2) is 5.11 Å². The molecule has 33 heavy (non-hydrogen) atoms. The summed E-state index contributed by atoms with van der Waals surface area (Å²) >= 11 is 4.98. The van der Waals surface area contributed by atoms with Crippen molar-refractivity contribution in [3.05, 3.63) is 11.1 Å². The molecule has 184 valence electrons. The summed E-state index contributed by atoms with van der Waals surface area (Å²) in [6.45, 7) is 12.2. The molecule has 4 nitrogen and oxygen atoms in total. The number of allylic oxidation sites excluding steroid dienone is 2. The number of nitrogens with two attached hydrogens (primary N) is 1. The molecule has 0 aromatic heterocycles. The molecule has 0 aromatic carbocycles. The van der Waals surface area contributed by atoms with E-state index in [9.17, 15) is 4.79 Å². The van der Waals surface area contributed by atoms with Gasteiger partial charge in [0.1, 0.15) is 5.78 Å². The van der Waals surface area contributed by atoms with Gasteiger partial charge in [-0.2, -0.15) is 5.10 Å². The van der Waals surface area contributed by atoms with E-state index in [1.165, 1.54) is 56.1 Å². The van der Waals surface area contributed by atoms with Crippen LogP contribution < -0.4 is 11.2 Å². The van der Waals surface area contributed by atoms with Crippen LogP contribution in [0.1, 0.15) is 98.8 Å². The minimum absolute atomic E-state index is 0.144. The lowest BCUT2D eigenvalue weighted by molar-refractivity contribution is -0.121. The second-order valence-electron chi connectivity index (χ2n) is 12.6. The van der Waals surface area contributed by atoms with Gasteiger partial charge in [0, 0.05) is 12.8 Å². The third-order valence-corrected chi connectivity index (χ3v) is 10.5. The first-order valence-electron chi connectivity index (χ1n) is 13.4. The summed E-state index contributed by atoms with van der Waals surface area (Å²) in [4.78, 5) is 12.5. The van der Waals surface area contributed by atoms with Crippen molar-refractivity contribution in [1.82, 2.24) is 5.43 Å². The third-order valence-electron chi connectivity index (χ3n) is 10.4. The molecule has 4 aliphatic carbocycles. The van der Waals surface area contributed by atoms with Crippen LogP contribution in [0.5, 0.6) is 0 Å². The average Bonchev–Trinajstić information content (AvgIpc) is 3.20. The Kier molecular flexibility index (Phi) is 7.11. The van der Waals surface area contributed by atoms with E-state index in [-0.39, 0.29) is 10.5 Å². The highest BCUT2D eigenvalue weighted by Gasteiger charge is 2.62. The zero-order valence-corrected chi connectivity index (χ0v) is 22.3. The average molecular weight is 472 g/mol. The van der Waals surface area contributed by atoms with Gasteiger partial charge in [-0.3, -0.25) is 10.2 Å². The molecule has 0 spiro atoms. The van der Waals surface area contributed by atoms with Crippen LogP contribution in [0.4, 0.5) is 0 Å². The van der Waals surface area contributed by atoms with Gasteiger partial charge in [-0.25, -0.2) is 0 Å². The SMILES string of the molecule is CC(C)CCC[C@@H](C)[C@H]1CC[C@H]2[C@@H]3C(/C=N/NC(N)=S)=C4CC(=O)CC[C@]4(C)[C@H]3CC[C@]12C. The second kappa shape index (κ2) is 9.43. The first-order chi connectivity index (χ1) is 15.6. The van der Waals surface area contributed by atoms with Crippen LogP contribution >= 0.6 is 12.2 Å². The fourth-order valence-corrected chi connectivity index (χ4v) is 8.77. The van der Waals surface area contributed by atoms with Gasteiger partial charge in [-0.05, 0) is 96.2 Å². The summed E-state index contributed by atoms with van der Waals surface area (Å²) in [6.07, 6.45) is 13.7. The topological polar surface area (TPSA) is 67.5 Å². The molecule has 0 radical (unpaired) electrons. The van der Waals surface area contributed by atoms with Crippen LogP contribution in [0.25, 0.3) is 0 Å². The van der Waals surface area contributed by atoms with Crippen molar-refractivity contribution < 1.29 is 4.79 Å². The largest absolute Gasteiger partial charge is 0.375 e. The molecular weight excluding hydrogens is 426 g/mol. The highest BCUT2D eigenvalue weighted by molar-refractivity contribution is 7.80. The summed E-state index contributed by atoms with van der Waals surface area (Å²) in [5.41, 5.74) is 11.7. The quantitative estimate of drug-likeness (QED) is 0.256. The Morgan fingerprint density at radius 2 is 1.94 bits per heavy atom. The number of Topliss-reactive ketones (excluding diaryl/α,β-unsaturated/α-hetero) is 1. The molecule has 3 saturated carbocycles. The Bertz CT molecular complexity index is 848. The standard InChI is InChI=1S/C28H45N3OS/c1-17(2)7-6-8-18(3)21-9-10-22-25-20(16-30-31-26(29)33)24-15-19(32)11-13-28(24,5)23(25)12-14-27(21,22)4/h16-18,21-23,25H,6-15H2,1-5H3,(H3,29,31,33)/b30-16+/t18-,21-,22+,23+,25+,27-,28-/m1/s1. The van der Waals surface area contributed by atoms with Crippen LogP contribution in [0.15, 0.2) is 16.2 Å². The third kappa shape index (κ3) is 4.44. The molecule has 0 heterocycles. The van der Waals surface area contributed by atoms with E-state index in [0.29, 0.717) is 35.4 Å². The minimum Gasteiger partial charge on any atom is -0.375 e. The maximum atomic E-state index is 12.5. The number of nitrogens with one attached hydrogen (secondary N) is 1. The predicted octanol–water partition coefficient (Wildman–Crippen LogP) is 6.40. The van der Waals surface area contributed by atoms with Gasteiger partial charge in [-0.15, -0.1) is 0 Å². The zero-order valence-electron chi connectivity index (χ0n) is 21.5. The summed E-state index contributed by atoms with van der Waals surface area (Å²) in [7, 11) is 0. The van der Waals surface area contributed by atoms with E-state index in [1.54, 1.807) is 0 Å². The monoisotopic (exact) mass is 471 g/mol. The number of thiocarbonyl (C=S) groups is 1. The van der Waals surface area contributed by atoms with Crippen molar-refractivity contribution in [3.8, 4) is 0 Å². The van der Waals surface area contributed by atoms with Crippen LogP contribution in [0.3, 0.4) is 0 Å². The molecule has 0 aromatic rings. The van der Waals surface area contributed by atoms with Gasteiger partial charge < -0.3 is 5.73 Å². The van der Waals surface area contributed by atoms with Gasteiger partial charge in [-0.1, -0.05) is 59.5 Å². The first kappa shape index (κ1) is 24.9. The van der Waals surface area contributed by atoms with Crippen molar-refractivity contribution in [1.29, 1.82) is 0 Å². The maximum absolute atomic E-state index is 12.5. The zero-order chi connectivity index (χ0) is 24.0. The van der Waals surface area contributed by atoms with Crippen LogP contribution in [0, 0.1) is 46.3 Å². The summed E-state index contributed by atoms with van der Waals surface area (Å²) in [6, 6.07) is 0. The fourth-order valence-electron chi connectivity index (χ4n) is 8.72. The molecule has 0 bridgehead atoms. The second-order valence-corrected chi connectivity index (χ2v) is 13.0. The molecule has 0 aliphatic heterocycles. The lowest BCUT2D eigenvalue weighted by Crippen LogP contribution is -2.45. The Balaban J connectivity index is 1.63. The van der Waals surface area contributed by atoms with Crippen LogP contribution in [-0.4, -0.2) is 17.1 Å². The summed E-state index contributed by atoms with van der Waals surface area (Å²) in [5, 5.41) is 4.62. The fraction of sp³-hybridized carbons (Fsp3) is 0.821. The number of fused-ring (bicyclic) bond motifs is 5. The molecule has 5 heteroatoms. The predicted molar refractivity (Wildman–Crippen MR) is 141 cm³/mol. The van der Waals surface area contributed by atoms with Gasteiger partial charge >= 0.3 is 0 Å². The highest BCUT2D eigenvalue weighted by Crippen LogP contribution is 2.69. The molecule has 0 amide bonds.